The fraction of sp³-hybridized carbons (Fsp3) is 0.167. The molecule has 0 aliphatic rings. The third kappa shape index (κ3) is 1.70. The summed E-state index contributed by atoms with van der Waals surface area (Å²) in [6.07, 6.45) is 0. The zero-order valence-corrected chi connectivity index (χ0v) is 11.1. The van der Waals surface area contributed by atoms with Crippen LogP contribution in [0.25, 0.3) is 21.9 Å². The van der Waals surface area contributed by atoms with Gasteiger partial charge in [-0.3, -0.25) is 9.78 Å². The molecular formula is C12H11N3O3S. The van der Waals surface area contributed by atoms with Crippen LogP contribution in [0.1, 0.15) is 0 Å². The molecule has 6 nitrogen and oxygen atoms in total. The van der Waals surface area contributed by atoms with Gasteiger partial charge in [-0.1, -0.05) is 0 Å². The zero-order chi connectivity index (χ0) is 13.6. The first-order valence-corrected chi connectivity index (χ1v) is 5.95. The molecule has 0 atom stereocenters. The number of hydrogen-bond acceptors (Lipinski definition) is 4. The van der Waals surface area contributed by atoms with Crippen LogP contribution in [0.2, 0.25) is 0 Å². The minimum absolute atomic E-state index is 0.257. The van der Waals surface area contributed by atoms with Gasteiger partial charge in [0.2, 0.25) is 0 Å². The number of H-pyrrole nitrogens is 3. The highest BCUT2D eigenvalue weighted by atomic mass is 32.1. The highest BCUT2D eigenvalue weighted by Gasteiger charge is 2.12. The maximum absolute atomic E-state index is 11.8. The Morgan fingerprint density at radius 3 is 2.37 bits per heavy atom. The van der Waals surface area contributed by atoms with E-state index in [0.717, 1.165) is 10.9 Å². The fourth-order valence-electron chi connectivity index (χ4n) is 2.13. The number of hydrogen-bond donors (Lipinski definition) is 3. The van der Waals surface area contributed by atoms with Gasteiger partial charge in [-0.05, 0) is 18.3 Å². The second-order valence-corrected chi connectivity index (χ2v) is 4.44. The molecule has 0 bridgehead atoms. The minimum Gasteiger partial charge on any atom is -0.493 e. The third-order valence-corrected chi connectivity index (χ3v) is 3.20. The summed E-state index contributed by atoms with van der Waals surface area (Å²) < 4.78 is 10.8. The molecule has 0 saturated carbocycles. The van der Waals surface area contributed by atoms with Crippen molar-refractivity contribution in [2.75, 3.05) is 14.2 Å². The van der Waals surface area contributed by atoms with Crippen molar-refractivity contribution in [3.8, 4) is 11.5 Å². The van der Waals surface area contributed by atoms with Crippen LogP contribution in [-0.2, 0) is 0 Å². The number of methoxy groups -OCH3 is 2. The largest absolute Gasteiger partial charge is 0.493 e. The molecule has 0 aliphatic heterocycles. The topological polar surface area (TPSA) is 82.9 Å². The molecule has 1 aromatic carbocycles. The Hall–Kier alpha value is -2.28. The molecule has 19 heavy (non-hydrogen) atoms. The van der Waals surface area contributed by atoms with E-state index < -0.39 is 0 Å². The lowest BCUT2D eigenvalue weighted by Gasteiger charge is -2.06. The van der Waals surface area contributed by atoms with Crippen molar-refractivity contribution in [2.45, 2.75) is 0 Å². The molecule has 0 radical (unpaired) electrons. The number of ether oxygens (including phenoxy) is 2. The molecule has 0 fully saturated rings. The number of aromatic amines is 3. The number of fused-ring (bicyclic) bond motifs is 3. The van der Waals surface area contributed by atoms with Crippen LogP contribution in [0.3, 0.4) is 0 Å². The third-order valence-electron chi connectivity index (χ3n) is 3.00. The summed E-state index contributed by atoms with van der Waals surface area (Å²) in [5, 5.41) is 0.824. The van der Waals surface area contributed by atoms with Gasteiger partial charge in [-0.25, -0.2) is 0 Å². The van der Waals surface area contributed by atoms with Crippen LogP contribution < -0.4 is 15.0 Å². The maximum atomic E-state index is 11.8. The average Bonchev–Trinajstić information content (AvgIpc) is 2.75. The van der Waals surface area contributed by atoms with Gasteiger partial charge >= 0.3 is 0 Å². The lowest BCUT2D eigenvalue weighted by atomic mass is 10.2. The van der Waals surface area contributed by atoms with Crippen LogP contribution in [-0.4, -0.2) is 29.2 Å². The van der Waals surface area contributed by atoms with Crippen molar-refractivity contribution < 1.29 is 9.47 Å². The van der Waals surface area contributed by atoms with E-state index >= 15 is 0 Å². The SMILES string of the molecule is COc1cc2[nH]c3c(=O)[nH]c(=S)[nH]c3c2cc1OC. The summed E-state index contributed by atoms with van der Waals surface area (Å²) >= 11 is 4.98. The number of aromatic nitrogens is 3. The Morgan fingerprint density at radius 2 is 1.68 bits per heavy atom. The van der Waals surface area contributed by atoms with Gasteiger partial charge in [0, 0.05) is 11.5 Å². The second-order valence-electron chi connectivity index (χ2n) is 4.04. The Kier molecular flexibility index (Phi) is 2.56. The average molecular weight is 277 g/mol. The molecule has 7 heteroatoms. The predicted octanol–water partition coefficient (Wildman–Crippen LogP) is 2.08. The summed E-state index contributed by atoms with van der Waals surface area (Å²) in [6, 6.07) is 3.59. The summed E-state index contributed by atoms with van der Waals surface area (Å²) in [5.74, 6) is 1.19. The summed E-state index contributed by atoms with van der Waals surface area (Å²) in [6.45, 7) is 0. The molecule has 0 unspecified atom stereocenters. The second kappa shape index (κ2) is 4.13. The standard InChI is InChI=1S/C12H11N3O3S/c1-17-7-3-5-6(4-8(7)18-2)13-10-9(5)14-12(19)15-11(10)16/h3-4,13H,1-2H3,(H2,14,15,16,19). The number of benzene rings is 1. The monoisotopic (exact) mass is 277 g/mol. The summed E-state index contributed by atoms with van der Waals surface area (Å²) in [5.41, 5.74) is 1.62. The van der Waals surface area contributed by atoms with E-state index in [4.69, 9.17) is 21.7 Å². The molecule has 0 aliphatic carbocycles. The molecule has 3 rings (SSSR count). The van der Waals surface area contributed by atoms with Gasteiger partial charge < -0.3 is 19.4 Å². The van der Waals surface area contributed by atoms with Gasteiger partial charge in [-0.2, -0.15) is 0 Å². The maximum Gasteiger partial charge on any atom is 0.276 e. The molecule has 0 spiro atoms. The number of rotatable bonds is 2. The van der Waals surface area contributed by atoms with Crippen molar-refractivity contribution >= 4 is 34.2 Å². The lowest BCUT2D eigenvalue weighted by Crippen LogP contribution is -2.07. The van der Waals surface area contributed by atoms with Crippen molar-refractivity contribution in [1.82, 2.24) is 15.0 Å². The normalized spacial score (nSPS) is 11.1. The quantitative estimate of drug-likeness (QED) is 0.626. The Labute approximate surface area is 112 Å². The van der Waals surface area contributed by atoms with Crippen molar-refractivity contribution in [2.24, 2.45) is 0 Å². The molecule has 3 aromatic rings. The highest BCUT2D eigenvalue weighted by molar-refractivity contribution is 7.71. The highest BCUT2D eigenvalue weighted by Crippen LogP contribution is 2.34. The Balaban J connectivity index is 2.52. The van der Waals surface area contributed by atoms with E-state index in [9.17, 15) is 4.79 Å². The van der Waals surface area contributed by atoms with Crippen LogP contribution >= 0.6 is 12.2 Å². The minimum atomic E-state index is -0.257. The fourth-order valence-corrected chi connectivity index (χ4v) is 2.33. The molecular weight excluding hydrogens is 266 g/mol. The lowest BCUT2D eigenvalue weighted by molar-refractivity contribution is 0.356. The van der Waals surface area contributed by atoms with Crippen molar-refractivity contribution in [3.63, 3.8) is 0 Å². The van der Waals surface area contributed by atoms with E-state index in [-0.39, 0.29) is 10.3 Å². The Morgan fingerprint density at radius 1 is 1.00 bits per heavy atom. The van der Waals surface area contributed by atoms with E-state index in [1.807, 2.05) is 0 Å². The zero-order valence-electron chi connectivity index (χ0n) is 10.3. The first-order valence-electron chi connectivity index (χ1n) is 5.54. The van der Waals surface area contributed by atoms with Crippen LogP contribution in [0.4, 0.5) is 0 Å². The molecule has 98 valence electrons. The van der Waals surface area contributed by atoms with Gasteiger partial charge in [-0.15, -0.1) is 0 Å². The number of nitrogens with one attached hydrogen (secondary N) is 3. The molecule has 2 aromatic heterocycles. The smallest absolute Gasteiger partial charge is 0.276 e. The summed E-state index contributed by atoms with van der Waals surface area (Å²) in [4.78, 5) is 20.4. The predicted molar refractivity (Wildman–Crippen MR) is 74.7 cm³/mol. The van der Waals surface area contributed by atoms with Crippen LogP contribution in [0, 0.1) is 4.77 Å². The molecule has 3 N–H and O–H groups in total. The molecule has 2 heterocycles. The first-order chi connectivity index (χ1) is 9.13. The summed E-state index contributed by atoms with van der Waals surface area (Å²) in [7, 11) is 3.13. The van der Waals surface area contributed by atoms with E-state index in [0.29, 0.717) is 22.5 Å². The van der Waals surface area contributed by atoms with Gasteiger partial charge in [0.05, 0.1) is 25.3 Å². The van der Waals surface area contributed by atoms with Gasteiger partial charge in [0.1, 0.15) is 5.52 Å². The van der Waals surface area contributed by atoms with E-state index in [1.54, 1.807) is 26.4 Å². The van der Waals surface area contributed by atoms with Crippen LogP contribution in [0.5, 0.6) is 11.5 Å². The van der Waals surface area contributed by atoms with Crippen molar-refractivity contribution in [3.05, 3.63) is 27.3 Å². The van der Waals surface area contributed by atoms with Gasteiger partial charge in [0.15, 0.2) is 16.3 Å². The molecule has 0 amide bonds. The van der Waals surface area contributed by atoms with E-state index in [2.05, 4.69) is 15.0 Å². The first kappa shape index (κ1) is 11.8. The van der Waals surface area contributed by atoms with Crippen LogP contribution in [0.15, 0.2) is 16.9 Å². The van der Waals surface area contributed by atoms with Crippen molar-refractivity contribution in [1.29, 1.82) is 0 Å². The van der Waals surface area contributed by atoms with Gasteiger partial charge in [0.25, 0.3) is 5.56 Å². The van der Waals surface area contributed by atoms with E-state index in [1.165, 1.54) is 0 Å². The molecule has 0 saturated heterocycles. The Bertz CT molecular complexity index is 891.